The van der Waals surface area contributed by atoms with Crippen LogP contribution >= 0.6 is 15.9 Å². The van der Waals surface area contributed by atoms with Crippen LogP contribution in [0.2, 0.25) is 0 Å². The Kier molecular flexibility index (Phi) is 2.93. The summed E-state index contributed by atoms with van der Waals surface area (Å²) in [5, 5.41) is 0. The van der Waals surface area contributed by atoms with Crippen molar-refractivity contribution in [3.05, 3.63) is 46.6 Å². The molecule has 1 aromatic carbocycles. The first-order chi connectivity index (χ1) is 7.20. The Morgan fingerprint density at radius 2 is 2.00 bits per heavy atom. The topological polar surface area (TPSA) is 39.2 Å². The van der Waals surface area contributed by atoms with E-state index >= 15 is 0 Å². The summed E-state index contributed by atoms with van der Waals surface area (Å²) in [6.07, 6.45) is 1.66. The second kappa shape index (κ2) is 4.21. The Labute approximate surface area is 97.2 Å². The first-order valence-corrected chi connectivity index (χ1v) is 5.57. The maximum Gasteiger partial charge on any atom is 0.148 e. The molecule has 1 atom stereocenters. The van der Waals surface area contributed by atoms with Crippen molar-refractivity contribution in [1.82, 2.24) is 0 Å². The van der Waals surface area contributed by atoms with Crippen LogP contribution in [0.4, 0.5) is 0 Å². The molecule has 0 saturated heterocycles. The van der Waals surface area contributed by atoms with Gasteiger partial charge in [-0.3, -0.25) is 0 Å². The minimum atomic E-state index is -0.00167. The average Bonchev–Trinajstić information content (AvgIpc) is 2.64. The smallest absolute Gasteiger partial charge is 0.148 e. The fourth-order valence-corrected chi connectivity index (χ4v) is 2.00. The van der Waals surface area contributed by atoms with Gasteiger partial charge in [0.2, 0.25) is 0 Å². The second-order valence-corrected chi connectivity index (χ2v) is 4.33. The van der Waals surface area contributed by atoms with Gasteiger partial charge in [-0.15, -0.1) is 0 Å². The lowest BCUT2D eigenvalue weighted by atomic mass is 10.0. The molecular formula is C12H12BrNO. The fraction of sp³-hybridized carbons (Fsp3) is 0.167. The Morgan fingerprint density at radius 3 is 2.60 bits per heavy atom. The third kappa shape index (κ3) is 1.98. The molecule has 0 radical (unpaired) electrons. The number of furan rings is 1. The van der Waals surface area contributed by atoms with Gasteiger partial charge < -0.3 is 10.2 Å². The summed E-state index contributed by atoms with van der Waals surface area (Å²) >= 11 is 3.45. The maximum atomic E-state index is 5.91. The second-order valence-electron chi connectivity index (χ2n) is 3.47. The molecular weight excluding hydrogens is 254 g/mol. The summed E-state index contributed by atoms with van der Waals surface area (Å²) < 4.78 is 6.39. The van der Waals surface area contributed by atoms with E-state index in [-0.39, 0.29) is 6.04 Å². The summed E-state index contributed by atoms with van der Waals surface area (Å²) in [6.45, 7) is 1.97. The van der Waals surface area contributed by atoms with Crippen LogP contribution in [0.5, 0.6) is 0 Å². The first-order valence-electron chi connectivity index (χ1n) is 4.78. The first kappa shape index (κ1) is 10.5. The van der Waals surface area contributed by atoms with Gasteiger partial charge in [0.25, 0.3) is 0 Å². The maximum absolute atomic E-state index is 5.91. The average molecular weight is 266 g/mol. The molecule has 2 nitrogen and oxygen atoms in total. The number of rotatable bonds is 2. The monoisotopic (exact) mass is 265 g/mol. The van der Waals surface area contributed by atoms with Crippen LogP contribution in [0.15, 0.2) is 45.5 Å². The van der Waals surface area contributed by atoms with Crippen molar-refractivity contribution in [3.8, 4) is 11.3 Å². The zero-order valence-corrected chi connectivity index (χ0v) is 9.99. The lowest BCUT2D eigenvalue weighted by Crippen LogP contribution is -2.06. The van der Waals surface area contributed by atoms with E-state index in [1.54, 1.807) is 6.26 Å². The highest BCUT2D eigenvalue weighted by Gasteiger charge is 2.12. The standard InChI is InChI=1S/C12H12BrNO/c1-8(14)9-4-2-3-5-10(9)12-11(13)6-7-15-12/h2-8H,14H2,1H3. The zero-order valence-electron chi connectivity index (χ0n) is 8.41. The molecule has 2 aromatic rings. The van der Waals surface area contributed by atoms with Crippen LogP contribution in [0.25, 0.3) is 11.3 Å². The molecule has 0 aliphatic rings. The van der Waals surface area contributed by atoms with Crippen molar-refractivity contribution in [2.45, 2.75) is 13.0 Å². The van der Waals surface area contributed by atoms with Gasteiger partial charge in [-0.05, 0) is 34.5 Å². The number of hydrogen-bond donors (Lipinski definition) is 1. The van der Waals surface area contributed by atoms with Gasteiger partial charge in [-0.2, -0.15) is 0 Å². The van der Waals surface area contributed by atoms with Crippen LogP contribution in [0.3, 0.4) is 0 Å². The molecule has 0 bridgehead atoms. The molecule has 0 spiro atoms. The number of benzene rings is 1. The summed E-state index contributed by atoms with van der Waals surface area (Å²) in [5.41, 5.74) is 8.05. The van der Waals surface area contributed by atoms with Crippen molar-refractivity contribution in [2.24, 2.45) is 5.73 Å². The molecule has 0 fully saturated rings. The third-order valence-corrected chi connectivity index (χ3v) is 2.94. The highest BCUT2D eigenvalue weighted by atomic mass is 79.9. The molecule has 2 rings (SSSR count). The van der Waals surface area contributed by atoms with Crippen LogP contribution in [0, 0.1) is 0 Å². The Balaban J connectivity index is 2.58. The largest absolute Gasteiger partial charge is 0.463 e. The molecule has 3 heteroatoms. The number of hydrogen-bond acceptors (Lipinski definition) is 2. The van der Waals surface area contributed by atoms with Crippen LogP contribution < -0.4 is 5.73 Å². The van der Waals surface area contributed by atoms with E-state index in [0.29, 0.717) is 0 Å². The van der Waals surface area contributed by atoms with Gasteiger partial charge >= 0.3 is 0 Å². The van der Waals surface area contributed by atoms with Gasteiger partial charge in [0.1, 0.15) is 5.76 Å². The van der Waals surface area contributed by atoms with E-state index < -0.39 is 0 Å². The molecule has 0 amide bonds. The van der Waals surface area contributed by atoms with Gasteiger partial charge in [0.05, 0.1) is 10.7 Å². The normalized spacial score (nSPS) is 12.7. The molecule has 1 heterocycles. The Bertz CT molecular complexity index is 462. The highest BCUT2D eigenvalue weighted by Crippen LogP contribution is 2.33. The number of nitrogens with two attached hydrogens (primary N) is 1. The van der Waals surface area contributed by atoms with E-state index in [0.717, 1.165) is 21.4 Å². The van der Waals surface area contributed by atoms with Crippen molar-refractivity contribution < 1.29 is 4.42 Å². The summed E-state index contributed by atoms with van der Waals surface area (Å²) in [6, 6.07) is 9.89. The van der Waals surface area contributed by atoms with E-state index in [4.69, 9.17) is 10.2 Å². The molecule has 0 aliphatic heterocycles. The van der Waals surface area contributed by atoms with Crippen molar-refractivity contribution in [3.63, 3.8) is 0 Å². The molecule has 1 unspecified atom stereocenters. The van der Waals surface area contributed by atoms with Crippen molar-refractivity contribution >= 4 is 15.9 Å². The lowest BCUT2D eigenvalue weighted by molar-refractivity contribution is 0.579. The minimum absolute atomic E-state index is 0.00167. The molecule has 2 N–H and O–H groups in total. The molecule has 1 aromatic heterocycles. The van der Waals surface area contributed by atoms with E-state index in [9.17, 15) is 0 Å². The number of halogens is 1. The lowest BCUT2D eigenvalue weighted by Gasteiger charge is -2.10. The molecule has 78 valence electrons. The quantitative estimate of drug-likeness (QED) is 0.899. The summed E-state index contributed by atoms with van der Waals surface area (Å²) in [4.78, 5) is 0. The molecule has 0 saturated carbocycles. The van der Waals surface area contributed by atoms with Crippen LogP contribution in [0.1, 0.15) is 18.5 Å². The van der Waals surface area contributed by atoms with Gasteiger partial charge in [-0.25, -0.2) is 0 Å². The van der Waals surface area contributed by atoms with Crippen molar-refractivity contribution in [2.75, 3.05) is 0 Å². The van der Waals surface area contributed by atoms with E-state index in [2.05, 4.69) is 15.9 Å². The van der Waals surface area contributed by atoms with Crippen LogP contribution in [-0.2, 0) is 0 Å². The van der Waals surface area contributed by atoms with Crippen LogP contribution in [-0.4, -0.2) is 0 Å². The van der Waals surface area contributed by atoms with Gasteiger partial charge in [0.15, 0.2) is 0 Å². The summed E-state index contributed by atoms with van der Waals surface area (Å²) in [7, 11) is 0. The van der Waals surface area contributed by atoms with E-state index in [1.165, 1.54) is 0 Å². The van der Waals surface area contributed by atoms with Gasteiger partial charge in [0, 0.05) is 11.6 Å². The molecule has 15 heavy (non-hydrogen) atoms. The SMILES string of the molecule is CC(N)c1ccccc1-c1occc1Br. The molecule has 0 aliphatic carbocycles. The predicted molar refractivity (Wildman–Crippen MR) is 64.4 cm³/mol. The summed E-state index contributed by atoms with van der Waals surface area (Å²) in [5.74, 6) is 0.836. The highest BCUT2D eigenvalue weighted by molar-refractivity contribution is 9.10. The predicted octanol–water partition coefficient (Wildman–Crippen LogP) is 3.73. The Hall–Kier alpha value is -1.06. The van der Waals surface area contributed by atoms with Gasteiger partial charge in [-0.1, -0.05) is 24.3 Å². The van der Waals surface area contributed by atoms with E-state index in [1.807, 2.05) is 37.3 Å². The Morgan fingerprint density at radius 1 is 1.27 bits per heavy atom. The van der Waals surface area contributed by atoms with Crippen molar-refractivity contribution in [1.29, 1.82) is 0 Å². The fourth-order valence-electron chi connectivity index (χ4n) is 1.59. The third-order valence-electron chi connectivity index (χ3n) is 2.31. The zero-order chi connectivity index (χ0) is 10.8. The minimum Gasteiger partial charge on any atom is -0.463 e.